The molecule has 0 spiro atoms. The van der Waals surface area contributed by atoms with E-state index in [0.29, 0.717) is 32.0 Å². The normalized spacial score (nSPS) is 10.5. The Morgan fingerprint density at radius 2 is 2.00 bits per heavy atom. The van der Waals surface area contributed by atoms with Crippen LogP contribution in [-0.2, 0) is 11.3 Å². The van der Waals surface area contributed by atoms with E-state index in [1.807, 2.05) is 24.3 Å². The van der Waals surface area contributed by atoms with Gasteiger partial charge in [0.1, 0.15) is 0 Å². The number of carboxylic acid groups (broad SMARTS) is 1. The van der Waals surface area contributed by atoms with E-state index in [0.717, 1.165) is 10.0 Å². The van der Waals surface area contributed by atoms with Crippen molar-refractivity contribution in [3.8, 4) is 0 Å². The Labute approximate surface area is 139 Å². The second-order valence-corrected chi connectivity index (χ2v) is 6.45. The molecule has 6 heteroatoms. The summed E-state index contributed by atoms with van der Waals surface area (Å²) in [5, 5.41) is 11.4. The zero-order valence-corrected chi connectivity index (χ0v) is 14.6. The van der Waals surface area contributed by atoms with E-state index in [4.69, 9.17) is 5.11 Å². The molecule has 0 aliphatic carbocycles. The minimum absolute atomic E-state index is 0.0642. The average Bonchev–Trinajstić information content (AvgIpc) is 2.44. The van der Waals surface area contributed by atoms with E-state index in [1.165, 1.54) is 0 Å². The number of nitrogens with zero attached hydrogens (tertiary/aromatic N) is 1. The van der Waals surface area contributed by atoms with Gasteiger partial charge in [0.2, 0.25) is 0 Å². The predicted octanol–water partition coefficient (Wildman–Crippen LogP) is 3.48. The van der Waals surface area contributed by atoms with Gasteiger partial charge in [0.15, 0.2) is 0 Å². The summed E-state index contributed by atoms with van der Waals surface area (Å²) in [5.41, 5.74) is 1.05. The molecule has 0 aliphatic heterocycles. The minimum Gasteiger partial charge on any atom is -0.481 e. The quantitative estimate of drug-likeness (QED) is 0.688. The molecule has 1 aromatic rings. The summed E-state index contributed by atoms with van der Waals surface area (Å²) in [4.78, 5) is 24.5. The molecule has 0 unspecified atom stereocenters. The monoisotopic (exact) mass is 370 g/mol. The maximum atomic E-state index is 12.3. The lowest BCUT2D eigenvalue weighted by Crippen LogP contribution is -2.41. The van der Waals surface area contributed by atoms with Gasteiger partial charge in [0, 0.05) is 30.5 Å². The lowest BCUT2D eigenvalue weighted by Gasteiger charge is -2.25. The average molecular weight is 371 g/mol. The van der Waals surface area contributed by atoms with Crippen LogP contribution >= 0.6 is 15.9 Å². The highest BCUT2D eigenvalue weighted by Crippen LogP contribution is 2.18. The van der Waals surface area contributed by atoms with Crippen LogP contribution < -0.4 is 5.32 Å². The van der Waals surface area contributed by atoms with Crippen LogP contribution in [0.15, 0.2) is 28.7 Å². The van der Waals surface area contributed by atoms with E-state index in [9.17, 15) is 9.59 Å². The zero-order chi connectivity index (χ0) is 16.5. The van der Waals surface area contributed by atoms with Crippen LogP contribution in [0, 0.1) is 5.92 Å². The van der Waals surface area contributed by atoms with Gasteiger partial charge in [-0.05, 0) is 24.0 Å². The molecular formula is C16H23BrN2O3. The van der Waals surface area contributed by atoms with Crippen LogP contribution in [0.3, 0.4) is 0 Å². The molecule has 22 heavy (non-hydrogen) atoms. The summed E-state index contributed by atoms with van der Waals surface area (Å²) in [6.45, 7) is 5.65. The predicted molar refractivity (Wildman–Crippen MR) is 89.7 cm³/mol. The summed E-state index contributed by atoms with van der Waals surface area (Å²) in [5.74, 6) is -0.492. The summed E-state index contributed by atoms with van der Waals surface area (Å²) in [7, 11) is 0. The van der Waals surface area contributed by atoms with Gasteiger partial charge in [-0.15, -0.1) is 0 Å². The van der Waals surface area contributed by atoms with E-state index in [2.05, 4.69) is 35.1 Å². The van der Waals surface area contributed by atoms with Gasteiger partial charge in [-0.1, -0.05) is 48.0 Å². The van der Waals surface area contributed by atoms with Gasteiger partial charge in [0.05, 0.1) is 0 Å². The maximum absolute atomic E-state index is 12.3. The molecule has 5 nitrogen and oxygen atoms in total. The Bertz CT molecular complexity index is 506. The molecule has 0 saturated heterocycles. The number of aliphatic carboxylic acids is 1. The van der Waals surface area contributed by atoms with E-state index < -0.39 is 5.97 Å². The van der Waals surface area contributed by atoms with Crippen LogP contribution in [0.2, 0.25) is 0 Å². The molecule has 2 amide bonds. The number of carbonyl (C=O) groups is 2. The molecule has 0 aliphatic rings. The van der Waals surface area contributed by atoms with Crippen molar-refractivity contribution in [2.45, 2.75) is 33.2 Å². The first-order valence-corrected chi connectivity index (χ1v) is 8.17. The highest BCUT2D eigenvalue weighted by atomic mass is 79.9. The van der Waals surface area contributed by atoms with Crippen molar-refractivity contribution in [2.24, 2.45) is 5.92 Å². The van der Waals surface area contributed by atoms with Crippen molar-refractivity contribution < 1.29 is 14.7 Å². The standard InChI is InChI=1S/C16H23BrN2O3/c1-12(2)10-19(11-13-6-3-4-7-14(13)17)16(22)18-9-5-8-15(20)21/h3-4,6-7,12H,5,8-11H2,1-2H3,(H,18,22)(H,20,21). The highest BCUT2D eigenvalue weighted by Gasteiger charge is 2.16. The Hall–Kier alpha value is -1.56. The van der Waals surface area contributed by atoms with Gasteiger partial charge in [0.25, 0.3) is 0 Å². The smallest absolute Gasteiger partial charge is 0.317 e. The van der Waals surface area contributed by atoms with Crippen LogP contribution in [0.4, 0.5) is 4.79 Å². The third kappa shape index (κ3) is 6.93. The number of benzene rings is 1. The first kappa shape index (κ1) is 18.5. The first-order chi connectivity index (χ1) is 10.4. The van der Waals surface area contributed by atoms with Crippen LogP contribution in [-0.4, -0.2) is 35.1 Å². The molecular weight excluding hydrogens is 348 g/mol. The molecule has 0 saturated carbocycles. The van der Waals surface area contributed by atoms with Gasteiger partial charge >= 0.3 is 12.0 Å². The number of rotatable bonds is 8. The highest BCUT2D eigenvalue weighted by molar-refractivity contribution is 9.10. The third-order valence-corrected chi connectivity index (χ3v) is 3.81. The van der Waals surface area contributed by atoms with Crippen LogP contribution in [0.1, 0.15) is 32.3 Å². The van der Waals surface area contributed by atoms with Crippen molar-refractivity contribution >= 4 is 27.9 Å². The molecule has 0 bridgehead atoms. The maximum Gasteiger partial charge on any atom is 0.317 e. The molecule has 0 fully saturated rings. The molecule has 2 N–H and O–H groups in total. The Kier molecular flexibility index (Phi) is 7.95. The lowest BCUT2D eigenvalue weighted by molar-refractivity contribution is -0.137. The second kappa shape index (κ2) is 9.46. The number of hydrogen-bond acceptors (Lipinski definition) is 2. The second-order valence-electron chi connectivity index (χ2n) is 5.60. The number of carbonyl (C=O) groups excluding carboxylic acids is 1. The van der Waals surface area contributed by atoms with Gasteiger partial charge in [-0.3, -0.25) is 4.79 Å². The first-order valence-electron chi connectivity index (χ1n) is 7.38. The molecule has 1 aromatic carbocycles. The van der Waals surface area contributed by atoms with Crippen molar-refractivity contribution in [1.82, 2.24) is 10.2 Å². The molecule has 0 radical (unpaired) electrons. The fourth-order valence-electron chi connectivity index (χ4n) is 2.04. The summed E-state index contributed by atoms with van der Waals surface area (Å²) < 4.78 is 0.974. The summed E-state index contributed by atoms with van der Waals surface area (Å²) in [6, 6.07) is 7.66. The summed E-state index contributed by atoms with van der Waals surface area (Å²) in [6.07, 6.45) is 0.500. The number of carboxylic acids is 1. The van der Waals surface area contributed by atoms with Crippen LogP contribution in [0.25, 0.3) is 0 Å². The molecule has 0 heterocycles. The van der Waals surface area contributed by atoms with E-state index in [1.54, 1.807) is 4.90 Å². The minimum atomic E-state index is -0.846. The Morgan fingerprint density at radius 3 is 2.59 bits per heavy atom. The number of hydrogen-bond donors (Lipinski definition) is 2. The van der Waals surface area contributed by atoms with Crippen LogP contribution in [0.5, 0.6) is 0 Å². The van der Waals surface area contributed by atoms with Crippen molar-refractivity contribution in [1.29, 1.82) is 0 Å². The largest absolute Gasteiger partial charge is 0.481 e. The number of nitrogens with one attached hydrogen (secondary N) is 1. The zero-order valence-electron chi connectivity index (χ0n) is 13.0. The topological polar surface area (TPSA) is 69.6 Å². The fraction of sp³-hybridized carbons (Fsp3) is 0.500. The Balaban J connectivity index is 2.61. The number of urea groups is 1. The van der Waals surface area contributed by atoms with Crippen molar-refractivity contribution in [3.05, 3.63) is 34.3 Å². The molecule has 1 rings (SSSR count). The van der Waals surface area contributed by atoms with E-state index >= 15 is 0 Å². The lowest BCUT2D eigenvalue weighted by atomic mass is 10.1. The molecule has 122 valence electrons. The number of halogens is 1. The van der Waals surface area contributed by atoms with Crippen molar-refractivity contribution in [2.75, 3.05) is 13.1 Å². The third-order valence-electron chi connectivity index (χ3n) is 3.04. The Morgan fingerprint density at radius 1 is 1.32 bits per heavy atom. The fourth-order valence-corrected chi connectivity index (χ4v) is 2.45. The molecule has 0 aromatic heterocycles. The molecule has 0 atom stereocenters. The van der Waals surface area contributed by atoms with Gasteiger partial charge in [-0.2, -0.15) is 0 Å². The SMILES string of the molecule is CC(C)CN(Cc1ccccc1Br)C(=O)NCCCC(=O)O. The summed E-state index contributed by atoms with van der Waals surface area (Å²) >= 11 is 3.50. The van der Waals surface area contributed by atoms with Gasteiger partial charge in [-0.25, -0.2) is 4.79 Å². The number of amides is 2. The van der Waals surface area contributed by atoms with Crippen molar-refractivity contribution in [3.63, 3.8) is 0 Å². The van der Waals surface area contributed by atoms with E-state index in [-0.39, 0.29) is 12.5 Å². The van der Waals surface area contributed by atoms with Gasteiger partial charge < -0.3 is 15.3 Å².